The maximum Gasteiger partial charge on any atom is 0.344 e. The van der Waals surface area contributed by atoms with Gasteiger partial charge in [-0.25, -0.2) is 4.79 Å². The highest BCUT2D eigenvalue weighted by atomic mass is 16.5. The van der Waals surface area contributed by atoms with E-state index in [2.05, 4.69) is 9.88 Å². The molecule has 4 aromatic rings. The Labute approximate surface area is 184 Å². The summed E-state index contributed by atoms with van der Waals surface area (Å²) in [5.74, 6) is 1.94. The minimum absolute atomic E-state index is 0.415. The molecule has 2 aromatic carbocycles. The molecular weight excluding hydrogens is 408 g/mol. The van der Waals surface area contributed by atoms with Gasteiger partial charge in [-0.3, -0.25) is 9.88 Å². The largest absolute Gasteiger partial charge is 0.497 e. The maximum atomic E-state index is 13.0. The van der Waals surface area contributed by atoms with Crippen molar-refractivity contribution in [1.82, 2.24) is 9.88 Å². The van der Waals surface area contributed by atoms with E-state index in [9.17, 15) is 4.79 Å². The van der Waals surface area contributed by atoms with E-state index in [1.807, 2.05) is 30.3 Å². The second-order valence-corrected chi connectivity index (χ2v) is 7.59. The first-order chi connectivity index (χ1) is 15.7. The summed E-state index contributed by atoms with van der Waals surface area (Å²) < 4.78 is 22.6. The van der Waals surface area contributed by atoms with Crippen molar-refractivity contribution >= 4 is 11.0 Å². The summed E-state index contributed by atoms with van der Waals surface area (Å²) in [6.45, 7) is 1.78. The minimum Gasteiger partial charge on any atom is -0.497 e. The van der Waals surface area contributed by atoms with Crippen LogP contribution in [-0.2, 0) is 13.1 Å². The fourth-order valence-electron chi connectivity index (χ4n) is 4.00. The summed E-state index contributed by atoms with van der Waals surface area (Å²) >= 11 is 0. The van der Waals surface area contributed by atoms with Crippen molar-refractivity contribution in [1.29, 1.82) is 0 Å². The van der Waals surface area contributed by atoms with Crippen molar-refractivity contribution < 1.29 is 18.6 Å². The van der Waals surface area contributed by atoms with E-state index >= 15 is 0 Å². The highest BCUT2D eigenvalue weighted by molar-refractivity contribution is 5.87. The molecular formula is C25H22N2O5. The number of nitrogens with zero attached hydrogens (tertiary/aromatic N) is 2. The molecule has 3 heterocycles. The van der Waals surface area contributed by atoms with Crippen LogP contribution in [0, 0.1) is 0 Å². The van der Waals surface area contributed by atoms with Gasteiger partial charge in [0.2, 0.25) is 0 Å². The van der Waals surface area contributed by atoms with Crippen molar-refractivity contribution in [3.63, 3.8) is 0 Å². The van der Waals surface area contributed by atoms with Crippen LogP contribution in [0.25, 0.3) is 22.1 Å². The van der Waals surface area contributed by atoms with Gasteiger partial charge in [-0.1, -0.05) is 0 Å². The van der Waals surface area contributed by atoms with Gasteiger partial charge in [0.25, 0.3) is 0 Å². The van der Waals surface area contributed by atoms with E-state index in [0.29, 0.717) is 48.0 Å². The quantitative estimate of drug-likeness (QED) is 0.439. The fourth-order valence-corrected chi connectivity index (χ4v) is 4.00. The fraction of sp³-hybridized carbons (Fsp3) is 0.200. The van der Waals surface area contributed by atoms with Gasteiger partial charge in [0.1, 0.15) is 29.6 Å². The number of benzene rings is 2. The van der Waals surface area contributed by atoms with Gasteiger partial charge in [-0.05, 0) is 54.1 Å². The average molecular weight is 430 g/mol. The Morgan fingerprint density at radius 1 is 1.00 bits per heavy atom. The molecule has 0 amide bonds. The molecule has 7 heteroatoms. The number of aromatic nitrogens is 1. The summed E-state index contributed by atoms with van der Waals surface area (Å²) in [5, 5.41) is 0.817. The molecule has 0 fully saturated rings. The van der Waals surface area contributed by atoms with Crippen LogP contribution < -0.4 is 19.8 Å². The van der Waals surface area contributed by atoms with Crippen LogP contribution in [0.1, 0.15) is 11.1 Å². The third-order valence-electron chi connectivity index (χ3n) is 5.60. The number of methoxy groups -OCH3 is 2. The average Bonchev–Trinajstić information content (AvgIpc) is 2.84. The van der Waals surface area contributed by atoms with E-state index in [-0.39, 0.29) is 0 Å². The van der Waals surface area contributed by atoms with E-state index in [0.717, 1.165) is 22.3 Å². The van der Waals surface area contributed by atoms with Gasteiger partial charge in [0, 0.05) is 36.4 Å². The molecule has 0 saturated carbocycles. The lowest BCUT2D eigenvalue weighted by Gasteiger charge is -2.29. The molecule has 0 aliphatic carbocycles. The first kappa shape index (κ1) is 20.1. The van der Waals surface area contributed by atoms with Crippen molar-refractivity contribution in [3.8, 4) is 28.4 Å². The highest BCUT2D eigenvalue weighted by Gasteiger charge is 2.23. The summed E-state index contributed by atoms with van der Waals surface area (Å²) in [5.41, 5.74) is 3.14. The molecule has 162 valence electrons. The minimum atomic E-state index is -0.441. The van der Waals surface area contributed by atoms with Crippen LogP contribution in [0.4, 0.5) is 0 Å². The Kier molecular flexibility index (Phi) is 5.25. The topological polar surface area (TPSA) is 74.0 Å². The summed E-state index contributed by atoms with van der Waals surface area (Å²) in [6, 6.07) is 15.0. The number of hydrogen-bond acceptors (Lipinski definition) is 7. The molecule has 0 N–H and O–H groups in total. The molecule has 2 aromatic heterocycles. The van der Waals surface area contributed by atoms with Crippen molar-refractivity contribution in [2.75, 3.05) is 21.0 Å². The molecule has 7 nitrogen and oxygen atoms in total. The summed E-state index contributed by atoms with van der Waals surface area (Å²) in [4.78, 5) is 19.2. The van der Waals surface area contributed by atoms with Crippen molar-refractivity contribution in [2.24, 2.45) is 0 Å². The lowest BCUT2D eigenvalue weighted by Crippen LogP contribution is -2.31. The Morgan fingerprint density at radius 3 is 2.62 bits per heavy atom. The summed E-state index contributed by atoms with van der Waals surface area (Å²) in [7, 11) is 3.15. The normalized spacial score (nSPS) is 13.4. The third kappa shape index (κ3) is 3.67. The molecule has 1 aliphatic heterocycles. The monoisotopic (exact) mass is 430 g/mol. The lowest BCUT2D eigenvalue weighted by atomic mass is 10.0. The number of hydrogen-bond donors (Lipinski definition) is 0. The molecule has 0 unspecified atom stereocenters. The van der Waals surface area contributed by atoms with Crippen LogP contribution in [0.5, 0.6) is 17.2 Å². The zero-order valence-corrected chi connectivity index (χ0v) is 17.8. The van der Waals surface area contributed by atoms with Gasteiger partial charge in [-0.15, -0.1) is 0 Å². The SMILES string of the molecule is COc1ccc(OC)c(-c2cc3ccc4c(c3oc2=O)CN(Cc2ccncc2)CO4)c1. The van der Waals surface area contributed by atoms with Crippen LogP contribution in [0.2, 0.25) is 0 Å². The molecule has 1 aliphatic rings. The van der Waals surface area contributed by atoms with Gasteiger partial charge >= 0.3 is 5.63 Å². The molecule has 0 spiro atoms. The van der Waals surface area contributed by atoms with E-state index < -0.39 is 5.63 Å². The van der Waals surface area contributed by atoms with Crippen LogP contribution >= 0.6 is 0 Å². The van der Waals surface area contributed by atoms with Gasteiger partial charge in [0.05, 0.1) is 25.3 Å². The zero-order valence-electron chi connectivity index (χ0n) is 17.8. The predicted octanol–water partition coefficient (Wildman–Crippen LogP) is 4.22. The first-order valence-corrected chi connectivity index (χ1v) is 10.2. The van der Waals surface area contributed by atoms with Gasteiger partial charge < -0.3 is 18.6 Å². The first-order valence-electron chi connectivity index (χ1n) is 10.2. The highest BCUT2D eigenvalue weighted by Crippen LogP contribution is 2.36. The van der Waals surface area contributed by atoms with Crippen LogP contribution in [0.3, 0.4) is 0 Å². The standard InChI is InChI=1S/C25H22N2O5/c1-29-18-4-6-22(30-2)19(12-18)20-11-17-3-5-23-21(24(17)32-25(20)28)14-27(15-31-23)13-16-7-9-26-10-8-16/h3-12H,13-15H2,1-2H3. The van der Waals surface area contributed by atoms with Crippen molar-refractivity contribution in [2.45, 2.75) is 13.1 Å². The summed E-state index contributed by atoms with van der Waals surface area (Å²) in [6.07, 6.45) is 3.55. The molecule has 0 bridgehead atoms. The Hall–Kier alpha value is -3.84. The van der Waals surface area contributed by atoms with Crippen LogP contribution in [0.15, 0.2) is 70.1 Å². The van der Waals surface area contributed by atoms with Gasteiger partial charge in [-0.2, -0.15) is 0 Å². The number of ether oxygens (including phenoxy) is 3. The Morgan fingerprint density at radius 2 is 1.84 bits per heavy atom. The maximum absolute atomic E-state index is 13.0. The number of rotatable bonds is 5. The smallest absolute Gasteiger partial charge is 0.344 e. The van der Waals surface area contributed by atoms with Crippen molar-refractivity contribution in [3.05, 3.63) is 82.5 Å². The van der Waals surface area contributed by atoms with E-state index in [1.54, 1.807) is 44.8 Å². The lowest BCUT2D eigenvalue weighted by molar-refractivity contribution is 0.0889. The Bertz CT molecular complexity index is 1330. The molecule has 5 rings (SSSR count). The Balaban J connectivity index is 1.56. The third-order valence-corrected chi connectivity index (χ3v) is 5.60. The molecule has 0 saturated heterocycles. The van der Waals surface area contributed by atoms with E-state index in [4.69, 9.17) is 18.6 Å². The predicted molar refractivity (Wildman–Crippen MR) is 120 cm³/mol. The second kappa shape index (κ2) is 8.36. The van der Waals surface area contributed by atoms with Gasteiger partial charge in [0.15, 0.2) is 0 Å². The number of pyridine rings is 1. The molecule has 0 atom stereocenters. The second-order valence-electron chi connectivity index (χ2n) is 7.59. The van der Waals surface area contributed by atoms with Crippen LogP contribution in [-0.4, -0.2) is 30.8 Å². The zero-order chi connectivity index (χ0) is 22.1. The molecule has 0 radical (unpaired) electrons. The number of fused-ring (bicyclic) bond motifs is 3. The van der Waals surface area contributed by atoms with E-state index in [1.165, 1.54) is 0 Å². The molecule has 32 heavy (non-hydrogen) atoms.